The molecule has 0 saturated carbocycles. The number of rotatable bonds is 7. The fourth-order valence-electron chi connectivity index (χ4n) is 2.72. The van der Waals surface area contributed by atoms with E-state index in [1.54, 1.807) is 23.1 Å². The molecule has 6 nitrogen and oxygen atoms in total. The molecule has 4 aromatic rings. The Morgan fingerprint density at radius 1 is 1.11 bits per heavy atom. The van der Waals surface area contributed by atoms with E-state index < -0.39 is 0 Å². The average Bonchev–Trinajstić information content (AvgIpc) is 3.46. The van der Waals surface area contributed by atoms with Crippen LogP contribution in [-0.4, -0.2) is 24.9 Å². The van der Waals surface area contributed by atoms with E-state index in [1.165, 1.54) is 5.56 Å². The Kier molecular flexibility index (Phi) is 5.35. The molecule has 0 N–H and O–H groups in total. The molecule has 0 fully saturated rings. The standard InChI is InChI=1S/C19H19N5OS2/c1-3-13-7-9-14(10-8-13)17-20-16(25-23-17)12-27-19-22-21-18(24(19)4-2)15-6-5-11-26-15/h5-11H,3-4,12H2,1-2H3. The Balaban J connectivity index is 1.47. The van der Waals surface area contributed by atoms with E-state index in [9.17, 15) is 0 Å². The highest BCUT2D eigenvalue weighted by molar-refractivity contribution is 7.98. The molecule has 3 heterocycles. The highest BCUT2D eigenvalue weighted by Gasteiger charge is 2.16. The molecule has 27 heavy (non-hydrogen) atoms. The Morgan fingerprint density at radius 3 is 2.67 bits per heavy atom. The number of thiophene rings is 1. The summed E-state index contributed by atoms with van der Waals surface area (Å²) in [4.78, 5) is 5.63. The van der Waals surface area contributed by atoms with Crippen molar-refractivity contribution < 1.29 is 4.52 Å². The predicted molar refractivity (Wildman–Crippen MR) is 108 cm³/mol. The smallest absolute Gasteiger partial charge is 0.237 e. The predicted octanol–water partition coefficient (Wildman–Crippen LogP) is 4.93. The summed E-state index contributed by atoms with van der Waals surface area (Å²) in [5.41, 5.74) is 2.25. The molecule has 0 atom stereocenters. The fourth-order valence-corrected chi connectivity index (χ4v) is 4.27. The van der Waals surface area contributed by atoms with Gasteiger partial charge in [0.25, 0.3) is 0 Å². The fraction of sp³-hybridized carbons (Fsp3) is 0.263. The SMILES string of the molecule is CCc1ccc(-c2noc(CSc3nnc(-c4cccs4)n3CC)n2)cc1. The van der Waals surface area contributed by atoms with E-state index in [4.69, 9.17) is 4.52 Å². The van der Waals surface area contributed by atoms with Gasteiger partial charge in [0, 0.05) is 12.1 Å². The van der Waals surface area contributed by atoms with Crippen LogP contribution in [0.5, 0.6) is 0 Å². The molecule has 0 bridgehead atoms. The summed E-state index contributed by atoms with van der Waals surface area (Å²) in [6, 6.07) is 12.3. The molecule has 4 rings (SSSR count). The van der Waals surface area contributed by atoms with Gasteiger partial charge in [-0.05, 0) is 30.4 Å². The van der Waals surface area contributed by atoms with Gasteiger partial charge in [0.15, 0.2) is 11.0 Å². The van der Waals surface area contributed by atoms with E-state index in [2.05, 4.69) is 57.0 Å². The molecule has 8 heteroatoms. The number of benzene rings is 1. The lowest BCUT2D eigenvalue weighted by atomic mass is 10.1. The number of aromatic nitrogens is 5. The lowest BCUT2D eigenvalue weighted by Gasteiger charge is -2.04. The van der Waals surface area contributed by atoms with Gasteiger partial charge in [0.2, 0.25) is 11.7 Å². The van der Waals surface area contributed by atoms with E-state index in [-0.39, 0.29) is 0 Å². The second kappa shape index (κ2) is 8.06. The van der Waals surface area contributed by atoms with Crippen molar-refractivity contribution in [1.82, 2.24) is 24.9 Å². The Labute approximate surface area is 165 Å². The highest BCUT2D eigenvalue weighted by atomic mass is 32.2. The number of hydrogen-bond donors (Lipinski definition) is 0. The first-order valence-corrected chi connectivity index (χ1v) is 10.7. The van der Waals surface area contributed by atoms with Gasteiger partial charge in [-0.2, -0.15) is 4.98 Å². The van der Waals surface area contributed by atoms with Gasteiger partial charge in [-0.1, -0.05) is 54.2 Å². The minimum absolute atomic E-state index is 0.558. The van der Waals surface area contributed by atoms with Gasteiger partial charge in [0.05, 0.1) is 10.6 Å². The van der Waals surface area contributed by atoms with E-state index in [0.717, 1.165) is 34.4 Å². The summed E-state index contributed by atoms with van der Waals surface area (Å²) in [6.07, 6.45) is 1.01. The first-order chi connectivity index (χ1) is 13.3. The number of aryl methyl sites for hydroxylation is 1. The van der Waals surface area contributed by atoms with Crippen LogP contribution >= 0.6 is 23.1 Å². The average molecular weight is 398 g/mol. The summed E-state index contributed by atoms with van der Waals surface area (Å²) in [5, 5.41) is 15.7. The minimum atomic E-state index is 0.558. The van der Waals surface area contributed by atoms with Gasteiger partial charge in [0.1, 0.15) is 0 Å². The maximum Gasteiger partial charge on any atom is 0.237 e. The molecule has 0 aliphatic heterocycles. The van der Waals surface area contributed by atoms with Crippen LogP contribution in [0.4, 0.5) is 0 Å². The summed E-state index contributed by atoms with van der Waals surface area (Å²) >= 11 is 3.22. The summed E-state index contributed by atoms with van der Waals surface area (Å²) in [6.45, 7) is 5.04. The zero-order valence-electron chi connectivity index (χ0n) is 15.1. The lowest BCUT2D eigenvalue weighted by Crippen LogP contribution is -1.99. The molecule has 0 saturated heterocycles. The molecule has 1 aromatic carbocycles. The molecule has 138 valence electrons. The Bertz CT molecular complexity index is 1010. The Hall–Kier alpha value is -2.45. The van der Waals surface area contributed by atoms with Crippen molar-refractivity contribution in [3.63, 3.8) is 0 Å². The van der Waals surface area contributed by atoms with Gasteiger partial charge in [-0.3, -0.25) is 0 Å². The highest BCUT2D eigenvalue weighted by Crippen LogP contribution is 2.29. The molecular formula is C19H19N5OS2. The van der Waals surface area contributed by atoms with E-state index in [1.807, 2.05) is 23.6 Å². The topological polar surface area (TPSA) is 69.6 Å². The van der Waals surface area contributed by atoms with Crippen LogP contribution in [0.2, 0.25) is 0 Å². The third-order valence-electron chi connectivity index (χ3n) is 4.19. The number of thioether (sulfide) groups is 1. The summed E-state index contributed by atoms with van der Waals surface area (Å²) in [7, 11) is 0. The molecular weight excluding hydrogens is 378 g/mol. The van der Waals surface area contributed by atoms with Crippen molar-refractivity contribution in [2.45, 2.75) is 37.7 Å². The molecule has 0 unspecified atom stereocenters. The maximum absolute atomic E-state index is 5.41. The summed E-state index contributed by atoms with van der Waals surface area (Å²) < 4.78 is 7.52. The lowest BCUT2D eigenvalue weighted by molar-refractivity contribution is 0.391. The van der Waals surface area contributed by atoms with Crippen LogP contribution in [0.1, 0.15) is 25.3 Å². The van der Waals surface area contributed by atoms with Gasteiger partial charge in [-0.15, -0.1) is 21.5 Å². The molecule has 0 spiro atoms. The van der Waals surface area contributed by atoms with Crippen LogP contribution in [0.15, 0.2) is 51.5 Å². The van der Waals surface area contributed by atoms with Gasteiger partial charge < -0.3 is 9.09 Å². The molecule has 0 aliphatic carbocycles. The second-order valence-electron chi connectivity index (χ2n) is 5.88. The number of hydrogen-bond acceptors (Lipinski definition) is 7. The second-order valence-corrected chi connectivity index (χ2v) is 7.77. The normalized spacial score (nSPS) is 11.2. The van der Waals surface area contributed by atoms with Crippen LogP contribution in [0, 0.1) is 0 Å². The van der Waals surface area contributed by atoms with Crippen molar-refractivity contribution in [3.8, 4) is 22.1 Å². The third-order valence-corrected chi connectivity index (χ3v) is 6.01. The zero-order valence-corrected chi connectivity index (χ0v) is 16.8. The quantitative estimate of drug-likeness (QED) is 0.412. The van der Waals surface area contributed by atoms with Gasteiger partial charge in [-0.25, -0.2) is 0 Å². The molecule has 3 aromatic heterocycles. The van der Waals surface area contributed by atoms with Crippen molar-refractivity contribution in [2.75, 3.05) is 0 Å². The van der Waals surface area contributed by atoms with Crippen LogP contribution < -0.4 is 0 Å². The zero-order chi connectivity index (χ0) is 18.6. The van der Waals surface area contributed by atoms with Crippen molar-refractivity contribution in [1.29, 1.82) is 0 Å². The monoisotopic (exact) mass is 397 g/mol. The van der Waals surface area contributed by atoms with Gasteiger partial charge >= 0.3 is 0 Å². The molecule has 0 radical (unpaired) electrons. The third kappa shape index (κ3) is 3.81. The minimum Gasteiger partial charge on any atom is -0.338 e. The maximum atomic E-state index is 5.41. The molecule has 0 aliphatic rings. The largest absolute Gasteiger partial charge is 0.338 e. The number of nitrogens with zero attached hydrogens (tertiary/aromatic N) is 5. The van der Waals surface area contributed by atoms with Crippen molar-refractivity contribution in [2.24, 2.45) is 0 Å². The van der Waals surface area contributed by atoms with Crippen molar-refractivity contribution in [3.05, 3.63) is 53.2 Å². The first-order valence-electron chi connectivity index (χ1n) is 8.80. The Morgan fingerprint density at radius 2 is 1.96 bits per heavy atom. The molecule has 0 amide bonds. The van der Waals surface area contributed by atoms with Crippen LogP contribution in [0.25, 0.3) is 22.1 Å². The summed E-state index contributed by atoms with van der Waals surface area (Å²) in [5.74, 6) is 2.66. The van der Waals surface area contributed by atoms with E-state index >= 15 is 0 Å². The first kappa shape index (κ1) is 17.9. The van der Waals surface area contributed by atoms with Crippen LogP contribution in [0.3, 0.4) is 0 Å². The van der Waals surface area contributed by atoms with Crippen LogP contribution in [-0.2, 0) is 18.7 Å². The van der Waals surface area contributed by atoms with Crippen molar-refractivity contribution >= 4 is 23.1 Å². The van der Waals surface area contributed by atoms with E-state index in [0.29, 0.717) is 17.5 Å².